The van der Waals surface area contributed by atoms with Crippen LogP contribution in [0.1, 0.15) is 31.4 Å². The summed E-state index contributed by atoms with van der Waals surface area (Å²) in [5.74, 6) is 0. The maximum Gasteiger partial charge on any atom is 0.151 e. The molecule has 1 heterocycles. The highest BCUT2D eigenvalue weighted by Crippen LogP contribution is 2.28. The SMILES string of the molecule is CN(Cc1cnn(-c2ccccc2)n1)[C@H]1CCCC[C@@H]1S(C)(=O)=O. The van der Waals surface area contributed by atoms with Crippen LogP contribution < -0.4 is 0 Å². The zero-order chi connectivity index (χ0) is 17.2. The van der Waals surface area contributed by atoms with Crippen LogP contribution in [0, 0.1) is 0 Å². The average Bonchev–Trinajstić information content (AvgIpc) is 3.03. The van der Waals surface area contributed by atoms with Crippen molar-refractivity contribution in [3.63, 3.8) is 0 Å². The van der Waals surface area contributed by atoms with Crippen LogP contribution in [0.25, 0.3) is 5.69 Å². The molecule has 0 saturated heterocycles. The molecular weight excluding hydrogens is 324 g/mol. The second-order valence-corrected chi connectivity index (χ2v) is 8.86. The third kappa shape index (κ3) is 3.84. The Bertz CT molecular complexity index is 773. The number of hydrogen-bond donors (Lipinski definition) is 0. The minimum absolute atomic E-state index is 0.0515. The van der Waals surface area contributed by atoms with Gasteiger partial charge in [0.2, 0.25) is 0 Å². The maximum atomic E-state index is 12.1. The van der Waals surface area contributed by atoms with Gasteiger partial charge in [0.05, 0.1) is 22.8 Å². The van der Waals surface area contributed by atoms with Crippen molar-refractivity contribution in [2.45, 2.75) is 43.5 Å². The Kier molecular flexibility index (Phi) is 5.01. The molecule has 3 rings (SSSR count). The number of rotatable bonds is 5. The molecule has 1 aliphatic carbocycles. The van der Waals surface area contributed by atoms with E-state index in [-0.39, 0.29) is 11.3 Å². The van der Waals surface area contributed by atoms with Crippen LogP contribution >= 0.6 is 0 Å². The molecule has 0 amide bonds. The smallest absolute Gasteiger partial charge is 0.151 e. The van der Waals surface area contributed by atoms with Gasteiger partial charge in [-0.05, 0) is 32.0 Å². The Balaban J connectivity index is 1.72. The van der Waals surface area contributed by atoms with Crippen molar-refractivity contribution in [3.05, 3.63) is 42.2 Å². The van der Waals surface area contributed by atoms with E-state index in [9.17, 15) is 8.42 Å². The molecule has 1 fully saturated rings. The average molecular weight is 348 g/mol. The van der Waals surface area contributed by atoms with Gasteiger partial charge in [0.1, 0.15) is 0 Å². The lowest BCUT2D eigenvalue weighted by atomic mass is 9.94. The maximum absolute atomic E-state index is 12.1. The summed E-state index contributed by atoms with van der Waals surface area (Å²) >= 11 is 0. The molecule has 0 bridgehead atoms. The first-order valence-electron chi connectivity index (χ1n) is 8.31. The van der Waals surface area contributed by atoms with E-state index < -0.39 is 9.84 Å². The summed E-state index contributed by atoms with van der Waals surface area (Å²) in [4.78, 5) is 3.72. The van der Waals surface area contributed by atoms with Crippen LogP contribution in [0.15, 0.2) is 36.5 Å². The van der Waals surface area contributed by atoms with Crippen LogP contribution in [-0.4, -0.2) is 52.9 Å². The lowest BCUT2D eigenvalue weighted by molar-refractivity contribution is 0.185. The number of sulfone groups is 1. The topological polar surface area (TPSA) is 68.1 Å². The molecule has 1 aromatic carbocycles. The van der Waals surface area contributed by atoms with Gasteiger partial charge in [0, 0.05) is 18.8 Å². The van der Waals surface area contributed by atoms with Crippen LogP contribution in [0.5, 0.6) is 0 Å². The molecule has 0 aliphatic heterocycles. The van der Waals surface area contributed by atoms with Crippen molar-refractivity contribution in [1.82, 2.24) is 19.9 Å². The number of para-hydroxylation sites is 1. The van der Waals surface area contributed by atoms with Gasteiger partial charge >= 0.3 is 0 Å². The molecule has 7 heteroatoms. The highest BCUT2D eigenvalue weighted by Gasteiger charge is 2.35. The zero-order valence-electron chi connectivity index (χ0n) is 14.2. The Hall–Kier alpha value is -1.73. The summed E-state index contributed by atoms with van der Waals surface area (Å²) in [7, 11) is -1.05. The normalized spacial score (nSPS) is 22.0. The first-order chi connectivity index (χ1) is 11.4. The molecule has 2 atom stereocenters. The van der Waals surface area contributed by atoms with Crippen molar-refractivity contribution in [3.8, 4) is 5.69 Å². The molecule has 130 valence electrons. The van der Waals surface area contributed by atoms with E-state index in [2.05, 4.69) is 15.1 Å². The van der Waals surface area contributed by atoms with Gasteiger partial charge in [0.25, 0.3) is 0 Å². The first-order valence-corrected chi connectivity index (χ1v) is 10.3. The van der Waals surface area contributed by atoms with E-state index in [4.69, 9.17) is 0 Å². The van der Waals surface area contributed by atoms with Crippen LogP contribution in [0.3, 0.4) is 0 Å². The van der Waals surface area contributed by atoms with Gasteiger partial charge in [-0.15, -0.1) is 0 Å². The molecule has 1 aliphatic rings. The van der Waals surface area contributed by atoms with Gasteiger partial charge in [-0.25, -0.2) is 8.42 Å². The molecule has 0 N–H and O–H groups in total. The summed E-state index contributed by atoms with van der Waals surface area (Å²) in [6.45, 7) is 0.601. The summed E-state index contributed by atoms with van der Waals surface area (Å²) in [5.41, 5.74) is 1.76. The number of benzene rings is 1. The van der Waals surface area contributed by atoms with E-state index in [1.807, 2.05) is 37.4 Å². The molecule has 0 radical (unpaired) electrons. The third-order valence-corrected chi connectivity index (χ3v) is 6.37. The van der Waals surface area contributed by atoms with Crippen molar-refractivity contribution >= 4 is 9.84 Å². The molecule has 6 nitrogen and oxygen atoms in total. The highest BCUT2D eigenvalue weighted by atomic mass is 32.2. The number of aromatic nitrogens is 3. The van der Waals surface area contributed by atoms with E-state index in [1.54, 1.807) is 11.0 Å². The van der Waals surface area contributed by atoms with Gasteiger partial charge in [0.15, 0.2) is 9.84 Å². The summed E-state index contributed by atoms with van der Waals surface area (Å²) in [5, 5.41) is 8.55. The minimum atomic E-state index is -3.03. The fraction of sp³-hybridized carbons (Fsp3) is 0.529. The Labute approximate surface area is 143 Å². The number of hydrogen-bond acceptors (Lipinski definition) is 5. The Morgan fingerprint density at radius 2 is 1.92 bits per heavy atom. The molecule has 0 spiro atoms. The second-order valence-electron chi connectivity index (χ2n) is 6.60. The van der Waals surface area contributed by atoms with Crippen LogP contribution in [0.2, 0.25) is 0 Å². The lowest BCUT2D eigenvalue weighted by Gasteiger charge is -2.36. The fourth-order valence-electron chi connectivity index (χ4n) is 3.51. The molecule has 0 unspecified atom stereocenters. The standard InChI is InChI=1S/C17H24N4O2S/c1-20(16-10-6-7-11-17(16)24(2,22)23)13-14-12-18-21(19-14)15-8-4-3-5-9-15/h3-5,8-9,12,16-17H,6-7,10-11,13H2,1-2H3/t16-,17-/m0/s1. The fourth-order valence-corrected chi connectivity index (χ4v) is 5.02. The molecule has 2 aromatic rings. The van der Waals surface area contributed by atoms with E-state index in [1.165, 1.54) is 6.26 Å². The van der Waals surface area contributed by atoms with Crippen molar-refractivity contribution in [2.24, 2.45) is 0 Å². The molecule has 1 saturated carbocycles. The van der Waals surface area contributed by atoms with Crippen LogP contribution in [-0.2, 0) is 16.4 Å². The van der Waals surface area contributed by atoms with E-state index in [0.29, 0.717) is 6.54 Å². The van der Waals surface area contributed by atoms with E-state index in [0.717, 1.165) is 37.1 Å². The predicted octanol–water partition coefficient (Wildman–Crippen LogP) is 2.05. The lowest BCUT2D eigenvalue weighted by Crippen LogP contribution is -2.46. The second kappa shape index (κ2) is 7.03. The molecular formula is C17H24N4O2S. The minimum Gasteiger partial charge on any atom is -0.296 e. The number of nitrogens with zero attached hydrogens (tertiary/aromatic N) is 4. The van der Waals surface area contributed by atoms with Gasteiger partial charge in [-0.3, -0.25) is 4.90 Å². The third-order valence-electron chi connectivity index (χ3n) is 4.72. The van der Waals surface area contributed by atoms with E-state index >= 15 is 0 Å². The highest BCUT2D eigenvalue weighted by molar-refractivity contribution is 7.91. The summed E-state index contributed by atoms with van der Waals surface area (Å²) in [6, 6.07) is 9.81. The van der Waals surface area contributed by atoms with Gasteiger partial charge < -0.3 is 0 Å². The predicted molar refractivity (Wildman–Crippen MR) is 93.7 cm³/mol. The Morgan fingerprint density at radius 1 is 1.21 bits per heavy atom. The Morgan fingerprint density at radius 3 is 2.62 bits per heavy atom. The van der Waals surface area contributed by atoms with Gasteiger partial charge in [-0.2, -0.15) is 15.0 Å². The van der Waals surface area contributed by atoms with Crippen molar-refractivity contribution in [1.29, 1.82) is 0 Å². The first kappa shape index (κ1) is 17.1. The summed E-state index contributed by atoms with van der Waals surface area (Å²) < 4.78 is 24.2. The largest absolute Gasteiger partial charge is 0.296 e. The van der Waals surface area contributed by atoms with Crippen LogP contribution in [0.4, 0.5) is 0 Å². The quantitative estimate of drug-likeness (QED) is 0.827. The zero-order valence-corrected chi connectivity index (χ0v) is 15.0. The van der Waals surface area contributed by atoms with Gasteiger partial charge in [-0.1, -0.05) is 31.0 Å². The molecule has 1 aromatic heterocycles. The van der Waals surface area contributed by atoms with Crippen molar-refractivity contribution < 1.29 is 8.42 Å². The van der Waals surface area contributed by atoms with Crippen molar-refractivity contribution in [2.75, 3.05) is 13.3 Å². The molecule has 24 heavy (non-hydrogen) atoms. The monoisotopic (exact) mass is 348 g/mol. The summed E-state index contributed by atoms with van der Waals surface area (Å²) in [6.07, 6.45) is 6.85.